The largest absolute Gasteiger partial charge is 0.478 e. The number of halogens is 3. The van der Waals surface area contributed by atoms with Gasteiger partial charge < -0.3 is 9.64 Å². The lowest BCUT2D eigenvalue weighted by molar-refractivity contribution is -0.137. The average molecular weight is 511 g/mol. The van der Waals surface area contributed by atoms with Crippen LogP contribution in [0.1, 0.15) is 12.5 Å². The van der Waals surface area contributed by atoms with Crippen LogP contribution in [0, 0.1) is 0 Å². The fourth-order valence-electron chi connectivity index (χ4n) is 4.43. The molecule has 0 saturated carbocycles. The number of anilines is 3. The molecule has 190 valence electrons. The van der Waals surface area contributed by atoms with Gasteiger partial charge in [0, 0.05) is 23.3 Å². The maximum atomic E-state index is 13.2. The summed E-state index contributed by atoms with van der Waals surface area (Å²) in [5, 5.41) is 0. The zero-order chi connectivity index (χ0) is 26.5. The van der Waals surface area contributed by atoms with Crippen molar-refractivity contribution in [2.75, 3.05) is 11.5 Å². The fraction of sp³-hybridized carbons (Fsp3) is 0.0938. The molecule has 0 amide bonds. The molecule has 38 heavy (non-hydrogen) atoms. The third-order valence-corrected chi connectivity index (χ3v) is 6.16. The third-order valence-electron chi connectivity index (χ3n) is 6.16. The number of aromatic nitrogens is 1. The van der Waals surface area contributed by atoms with E-state index in [0.717, 1.165) is 40.3 Å². The number of pyridine rings is 1. The highest BCUT2D eigenvalue weighted by atomic mass is 19.4. The number of rotatable bonds is 7. The number of benzene rings is 4. The van der Waals surface area contributed by atoms with Crippen LogP contribution in [0.2, 0.25) is 0 Å². The van der Waals surface area contributed by atoms with E-state index in [1.54, 1.807) is 6.20 Å². The van der Waals surface area contributed by atoms with Gasteiger partial charge in [-0.1, -0.05) is 60.7 Å². The van der Waals surface area contributed by atoms with Crippen molar-refractivity contribution < 1.29 is 17.9 Å². The van der Waals surface area contributed by atoms with Crippen LogP contribution < -0.4 is 9.64 Å². The molecule has 0 spiro atoms. The highest BCUT2D eigenvalue weighted by Gasteiger charge is 2.30. The minimum Gasteiger partial charge on any atom is -0.478 e. The molecule has 0 aliphatic carbocycles. The Morgan fingerprint density at radius 1 is 0.658 bits per heavy atom. The van der Waals surface area contributed by atoms with Crippen molar-refractivity contribution in [1.29, 1.82) is 0 Å². The molecule has 0 aliphatic heterocycles. The number of ether oxygens (including phenoxy) is 1. The van der Waals surface area contributed by atoms with Crippen molar-refractivity contribution in [3.8, 4) is 28.1 Å². The van der Waals surface area contributed by atoms with Gasteiger partial charge >= 0.3 is 6.18 Å². The van der Waals surface area contributed by atoms with Gasteiger partial charge in [0.15, 0.2) is 0 Å². The second-order valence-corrected chi connectivity index (χ2v) is 8.60. The lowest BCUT2D eigenvalue weighted by Crippen LogP contribution is -2.09. The topological polar surface area (TPSA) is 25.4 Å². The van der Waals surface area contributed by atoms with Crippen LogP contribution in [0.15, 0.2) is 121 Å². The Balaban J connectivity index is 1.58. The van der Waals surface area contributed by atoms with Gasteiger partial charge in [-0.15, -0.1) is 0 Å². The normalized spacial score (nSPS) is 11.3. The lowest BCUT2D eigenvalue weighted by Gasteiger charge is -2.25. The summed E-state index contributed by atoms with van der Waals surface area (Å²) in [7, 11) is 0. The molecule has 3 nitrogen and oxygen atoms in total. The predicted molar refractivity (Wildman–Crippen MR) is 146 cm³/mol. The van der Waals surface area contributed by atoms with Crippen LogP contribution in [0.5, 0.6) is 5.88 Å². The first-order chi connectivity index (χ1) is 18.5. The van der Waals surface area contributed by atoms with Crippen LogP contribution in [0.25, 0.3) is 22.3 Å². The quantitative estimate of drug-likeness (QED) is 0.218. The average Bonchev–Trinajstić information content (AvgIpc) is 2.94. The molecule has 0 saturated heterocycles. The summed E-state index contributed by atoms with van der Waals surface area (Å²) in [5.41, 5.74) is 5.30. The summed E-state index contributed by atoms with van der Waals surface area (Å²) in [5.74, 6) is 0.379. The Kier molecular flexibility index (Phi) is 7.13. The zero-order valence-electron chi connectivity index (χ0n) is 20.7. The van der Waals surface area contributed by atoms with Crippen molar-refractivity contribution in [3.63, 3.8) is 0 Å². The van der Waals surface area contributed by atoms with Gasteiger partial charge in [0.2, 0.25) is 5.88 Å². The first-order valence-corrected chi connectivity index (χ1v) is 12.3. The molecule has 0 fully saturated rings. The van der Waals surface area contributed by atoms with Crippen molar-refractivity contribution >= 4 is 17.1 Å². The number of nitrogens with zero attached hydrogens (tertiary/aromatic N) is 2. The Morgan fingerprint density at radius 2 is 1.18 bits per heavy atom. The van der Waals surface area contributed by atoms with E-state index in [9.17, 15) is 13.2 Å². The van der Waals surface area contributed by atoms with Gasteiger partial charge in [0.25, 0.3) is 0 Å². The summed E-state index contributed by atoms with van der Waals surface area (Å²) < 4.78 is 45.3. The third kappa shape index (κ3) is 5.25. The summed E-state index contributed by atoms with van der Waals surface area (Å²) in [6.07, 6.45) is -2.75. The standard InChI is InChI=1S/C32H25F3N2O/c1-2-38-31-30(24-13-17-25(18-14-24)32(33,34)35)29(21-22-36-31)23-15-19-28(20-16-23)37(26-9-5-3-6-10-26)27-11-7-4-8-12-27/h3-22H,2H2,1H3. The summed E-state index contributed by atoms with van der Waals surface area (Å²) in [4.78, 5) is 6.54. The van der Waals surface area contributed by atoms with E-state index in [-0.39, 0.29) is 0 Å². The van der Waals surface area contributed by atoms with E-state index in [0.29, 0.717) is 23.6 Å². The van der Waals surface area contributed by atoms with Gasteiger partial charge in [0.1, 0.15) is 0 Å². The van der Waals surface area contributed by atoms with E-state index in [2.05, 4.69) is 34.1 Å². The molecular formula is C32H25F3N2O. The molecule has 6 heteroatoms. The summed E-state index contributed by atoms with van der Waals surface area (Å²) in [6.45, 7) is 2.23. The van der Waals surface area contributed by atoms with Crippen LogP contribution >= 0.6 is 0 Å². The van der Waals surface area contributed by atoms with E-state index in [1.807, 2.05) is 73.7 Å². The molecule has 5 rings (SSSR count). The second kappa shape index (κ2) is 10.8. The highest BCUT2D eigenvalue weighted by Crippen LogP contribution is 2.41. The first kappa shape index (κ1) is 25.1. The number of alkyl halides is 3. The number of hydrogen-bond acceptors (Lipinski definition) is 3. The highest BCUT2D eigenvalue weighted by molar-refractivity contribution is 5.87. The smallest absolute Gasteiger partial charge is 0.416 e. The van der Waals surface area contributed by atoms with Gasteiger partial charge in [-0.3, -0.25) is 0 Å². The van der Waals surface area contributed by atoms with Crippen LogP contribution in [-0.2, 0) is 6.18 Å². The maximum Gasteiger partial charge on any atom is 0.416 e. The molecule has 0 unspecified atom stereocenters. The molecule has 0 aliphatic rings. The Labute approximate surface area is 219 Å². The van der Waals surface area contributed by atoms with E-state index in [1.165, 1.54) is 12.1 Å². The molecule has 1 aromatic heterocycles. The van der Waals surface area contributed by atoms with E-state index < -0.39 is 11.7 Å². The van der Waals surface area contributed by atoms with Crippen molar-refractivity contribution in [1.82, 2.24) is 4.98 Å². The lowest BCUT2D eigenvalue weighted by atomic mass is 9.95. The number of para-hydroxylation sites is 2. The Hall–Kier alpha value is -4.58. The minimum atomic E-state index is -4.40. The molecule has 0 bridgehead atoms. The predicted octanol–water partition coefficient (Wildman–Crippen LogP) is 9.30. The number of hydrogen-bond donors (Lipinski definition) is 0. The Morgan fingerprint density at radius 3 is 1.71 bits per heavy atom. The van der Waals surface area contributed by atoms with Crippen LogP contribution in [-0.4, -0.2) is 11.6 Å². The molecule has 5 aromatic rings. The van der Waals surface area contributed by atoms with Crippen molar-refractivity contribution in [2.45, 2.75) is 13.1 Å². The maximum absolute atomic E-state index is 13.2. The molecule has 4 aromatic carbocycles. The van der Waals surface area contributed by atoms with Crippen LogP contribution in [0.3, 0.4) is 0 Å². The SMILES string of the molecule is CCOc1nccc(-c2ccc(N(c3ccccc3)c3ccccc3)cc2)c1-c1ccc(C(F)(F)F)cc1. The van der Waals surface area contributed by atoms with Crippen molar-refractivity contribution in [3.05, 3.63) is 127 Å². The van der Waals surface area contributed by atoms with Gasteiger partial charge in [0.05, 0.1) is 17.7 Å². The van der Waals surface area contributed by atoms with Gasteiger partial charge in [-0.25, -0.2) is 4.98 Å². The monoisotopic (exact) mass is 510 g/mol. The zero-order valence-corrected chi connectivity index (χ0v) is 20.7. The molecular weight excluding hydrogens is 485 g/mol. The van der Waals surface area contributed by atoms with Gasteiger partial charge in [-0.2, -0.15) is 13.2 Å². The van der Waals surface area contributed by atoms with E-state index in [4.69, 9.17) is 4.74 Å². The molecule has 1 heterocycles. The molecule has 0 radical (unpaired) electrons. The first-order valence-electron chi connectivity index (χ1n) is 12.3. The minimum absolute atomic E-state index is 0.379. The summed E-state index contributed by atoms with van der Waals surface area (Å²) >= 11 is 0. The van der Waals surface area contributed by atoms with Gasteiger partial charge in [-0.05, 0) is 78.2 Å². The van der Waals surface area contributed by atoms with E-state index >= 15 is 0 Å². The molecule has 0 N–H and O–H groups in total. The Bertz CT molecular complexity index is 1450. The summed E-state index contributed by atoms with van der Waals surface area (Å²) in [6, 6.07) is 35.2. The second-order valence-electron chi connectivity index (χ2n) is 8.60. The fourth-order valence-corrected chi connectivity index (χ4v) is 4.43. The van der Waals surface area contributed by atoms with Crippen LogP contribution in [0.4, 0.5) is 30.2 Å². The molecule has 0 atom stereocenters. The van der Waals surface area contributed by atoms with Crippen molar-refractivity contribution in [2.24, 2.45) is 0 Å².